The Hall–Kier alpha value is -1.51. The lowest BCUT2D eigenvalue weighted by Gasteiger charge is -2.10. The number of rotatable bonds is 4. The van der Waals surface area contributed by atoms with Gasteiger partial charge in [-0.3, -0.25) is 0 Å². The van der Waals surface area contributed by atoms with Gasteiger partial charge in [-0.15, -0.1) is 0 Å². The quantitative estimate of drug-likeness (QED) is 0.624. The monoisotopic (exact) mass is 219 g/mol. The van der Waals surface area contributed by atoms with E-state index in [1.165, 1.54) is 5.56 Å². The van der Waals surface area contributed by atoms with Crippen molar-refractivity contribution in [2.75, 3.05) is 11.9 Å². The van der Waals surface area contributed by atoms with E-state index in [9.17, 15) is 4.79 Å². The molecular formula is C13H17NO2. The van der Waals surface area contributed by atoms with Crippen LogP contribution in [0.2, 0.25) is 0 Å². The molecule has 0 fully saturated rings. The Morgan fingerprint density at radius 1 is 1.50 bits per heavy atom. The van der Waals surface area contributed by atoms with Crippen LogP contribution in [0.25, 0.3) is 0 Å². The predicted octanol–water partition coefficient (Wildman–Crippen LogP) is 2.37. The van der Waals surface area contributed by atoms with Crippen LogP contribution < -0.4 is 5.32 Å². The average Bonchev–Trinajstić information content (AvgIpc) is 2.73. The molecule has 0 spiro atoms. The van der Waals surface area contributed by atoms with Crippen molar-refractivity contribution in [3.05, 3.63) is 29.8 Å². The normalized spacial score (nSPS) is 17.7. The van der Waals surface area contributed by atoms with Crippen molar-refractivity contribution in [1.82, 2.24) is 0 Å². The van der Waals surface area contributed by atoms with E-state index in [2.05, 4.69) is 12.2 Å². The lowest BCUT2D eigenvalue weighted by atomic mass is 10.1. The third-order valence-electron chi connectivity index (χ3n) is 2.80. The van der Waals surface area contributed by atoms with Crippen LogP contribution in [0, 0.1) is 0 Å². The molecule has 0 amide bonds. The average molecular weight is 219 g/mol. The maximum Gasteiger partial charge on any atom is 0.328 e. The molecule has 1 N–H and O–H groups in total. The van der Waals surface area contributed by atoms with Gasteiger partial charge >= 0.3 is 5.97 Å². The van der Waals surface area contributed by atoms with Gasteiger partial charge < -0.3 is 10.1 Å². The van der Waals surface area contributed by atoms with Crippen LogP contribution in [0.3, 0.4) is 0 Å². The fraction of sp³-hybridized carbons (Fsp3) is 0.462. The van der Waals surface area contributed by atoms with Crippen LogP contribution in [0.15, 0.2) is 24.3 Å². The molecule has 0 radical (unpaired) electrons. The number of unbranched alkanes of at least 4 members (excludes halogenated alkanes) is 1. The van der Waals surface area contributed by atoms with Gasteiger partial charge in [-0.1, -0.05) is 31.5 Å². The lowest BCUT2D eigenvalue weighted by molar-refractivity contribution is -0.144. The third kappa shape index (κ3) is 2.35. The molecule has 1 aromatic carbocycles. The highest BCUT2D eigenvalue weighted by atomic mass is 16.5. The van der Waals surface area contributed by atoms with Crippen molar-refractivity contribution in [2.24, 2.45) is 0 Å². The number of nitrogens with one attached hydrogen (secondary N) is 1. The SMILES string of the molecule is CCCCOC(=O)[C@@H]1Cc2ccccc2N1. The molecule has 3 heteroatoms. The summed E-state index contributed by atoms with van der Waals surface area (Å²) in [7, 11) is 0. The number of hydrogen-bond donors (Lipinski definition) is 1. The summed E-state index contributed by atoms with van der Waals surface area (Å²) in [6.45, 7) is 2.61. The zero-order valence-corrected chi connectivity index (χ0v) is 9.53. The van der Waals surface area contributed by atoms with Gasteiger partial charge in [0.2, 0.25) is 0 Å². The molecule has 1 aliphatic heterocycles. The summed E-state index contributed by atoms with van der Waals surface area (Å²) in [5.74, 6) is -0.135. The van der Waals surface area contributed by atoms with E-state index in [1.54, 1.807) is 0 Å². The van der Waals surface area contributed by atoms with Crippen molar-refractivity contribution >= 4 is 11.7 Å². The van der Waals surface area contributed by atoms with Crippen LogP contribution in [-0.4, -0.2) is 18.6 Å². The molecule has 3 nitrogen and oxygen atoms in total. The highest BCUT2D eigenvalue weighted by Gasteiger charge is 2.27. The molecule has 0 unspecified atom stereocenters. The molecule has 86 valence electrons. The molecule has 0 saturated heterocycles. The number of hydrogen-bond acceptors (Lipinski definition) is 3. The number of fused-ring (bicyclic) bond motifs is 1. The zero-order chi connectivity index (χ0) is 11.4. The first-order chi connectivity index (χ1) is 7.81. The highest BCUT2D eigenvalue weighted by molar-refractivity contribution is 5.82. The molecule has 1 aliphatic rings. The Morgan fingerprint density at radius 3 is 3.06 bits per heavy atom. The number of esters is 1. The zero-order valence-electron chi connectivity index (χ0n) is 9.53. The largest absolute Gasteiger partial charge is 0.464 e. The first-order valence-electron chi connectivity index (χ1n) is 5.82. The summed E-state index contributed by atoms with van der Waals surface area (Å²) in [6.07, 6.45) is 2.72. The van der Waals surface area contributed by atoms with Gasteiger partial charge in [-0.05, 0) is 18.1 Å². The molecule has 0 aliphatic carbocycles. The number of carbonyl (C=O) groups excluding carboxylic acids is 1. The van der Waals surface area contributed by atoms with Crippen LogP contribution in [0.1, 0.15) is 25.3 Å². The summed E-state index contributed by atoms with van der Waals surface area (Å²) >= 11 is 0. The molecule has 1 aromatic rings. The van der Waals surface area contributed by atoms with Crippen LogP contribution in [0.5, 0.6) is 0 Å². The van der Waals surface area contributed by atoms with E-state index < -0.39 is 0 Å². The Kier molecular flexibility index (Phi) is 3.44. The number of benzene rings is 1. The highest BCUT2D eigenvalue weighted by Crippen LogP contribution is 2.25. The second-order valence-corrected chi connectivity index (χ2v) is 4.08. The minimum atomic E-state index is -0.200. The molecule has 0 saturated carbocycles. The van der Waals surface area contributed by atoms with Crippen molar-refractivity contribution in [3.8, 4) is 0 Å². The molecule has 1 heterocycles. The molecule has 0 bridgehead atoms. The van der Waals surface area contributed by atoms with E-state index >= 15 is 0 Å². The molecule has 0 aromatic heterocycles. The maximum atomic E-state index is 11.7. The van der Waals surface area contributed by atoms with E-state index in [0.717, 1.165) is 24.9 Å². The Labute approximate surface area is 95.8 Å². The molecular weight excluding hydrogens is 202 g/mol. The minimum absolute atomic E-state index is 0.135. The Morgan fingerprint density at radius 2 is 2.31 bits per heavy atom. The Bertz CT molecular complexity index is 351. The third-order valence-corrected chi connectivity index (χ3v) is 2.80. The van der Waals surface area contributed by atoms with E-state index in [4.69, 9.17) is 4.74 Å². The van der Waals surface area contributed by atoms with Crippen LogP contribution >= 0.6 is 0 Å². The van der Waals surface area contributed by atoms with Crippen molar-refractivity contribution in [3.63, 3.8) is 0 Å². The summed E-state index contributed by atoms with van der Waals surface area (Å²) in [5, 5.41) is 3.19. The first-order valence-corrected chi connectivity index (χ1v) is 5.82. The molecule has 16 heavy (non-hydrogen) atoms. The summed E-state index contributed by atoms with van der Waals surface area (Å²) in [4.78, 5) is 11.7. The van der Waals surface area contributed by atoms with Gasteiger partial charge in [0, 0.05) is 12.1 Å². The number of carbonyl (C=O) groups is 1. The van der Waals surface area contributed by atoms with Crippen LogP contribution in [-0.2, 0) is 16.0 Å². The van der Waals surface area contributed by atoms with E-state index in [-0.39, 0.29) is 12.0 Å². The van der Waals surface area contributed by atoms with Gasteiger partial charge in [-0.25, -0.2) is 4.79 Å². The second kappa shape index (κ2) is 5.01. The van der Waals surface area contributed by atoms with E-state index in [1.807, 2.05) is 24.3 Å². The fourth-order valence-electron chi connectivity index (χ4n) is 1.86. The van der Waals surface area contributed by atoms with Crippen molar-refractivity contribution in [1.29, 1.82) is 0 Å². The summed E-state index contributed by atoms with van der Waals surface area (Å²) < 4.78 is 5.20. The van der Waals surface area contributed by atoms with Crippen molar-refractivity contribution in [2.45, 2.75) is 32.2 Å². The molecule has 1 atom stereocenters. The lowest BCUT2D eigenvalue weighted by Crippen LogP contribution is -2.29. The van der Waals surface area contributed by atoms with Crippen LogP contribution in [0.4, 0.5) is 5.69 Å². The fourth-order valence-corrected chi connectivity index (χ4v) is 1.86. The number of anilines is 1. The first kappa shape index (κ1) is 11.0. The van der Waals surface area contributed by atoms with Gasteiger partial charge in [0.25, 0.3) is 0 Å². The van der Waals surface area contributed by atoms with Crippen molar-refractivity contribution < 1.29 is 9.53 Å². The van der Waals surface area contributed by atoms with Gasteiger partial charge in [0.15, 0.2) is 0 Å². The smallest absolute Gasteiger partial charge is 0.328 e. The predicted molar refractivity (Wildman–Crippen MR) is 63.4 cm³/mol. The standard InChI is InChI=1S/C13H17NO2/c1-2-3-8-16-13(15)12-9-10-6-4-5-7-11(10)14-12/h4-7,12,14H,2-3,8-9H2,1H3/t12-/m0/s1. The second-order valence-electron chi connectivity index (χ2n) is 4.08. The topological polar surface area (TPSA) is 38.3 Å². The number of para-hydroxylation sites is 1. The maximum absolute atomic E-state index is 11.7. The van der Waals surface area contributed by atoms with Gasteiger partial charge in [-0.2, -0.15) is 0 Å². The van der Waals surface area contributed by atoms with Gasteiger partial charge in [0.05, 0.1) is 6.61 Å². The van der Waals surface area contributed by atoms with E-state index in [0.29, 0.717) is 6.61 Å². The Balaban J connectivity index is 1.88. The molecule has 2 rings (SSSR count). The summed E-state index contributed by atoms with van der Waals surface area (Å²) in [6, 6.07) is 7.80. The number of ether oxygens (including phenoxy) is 1. The minimum Gasteiger partial charge on any atom is -0.464 e. The summed E-state index contributed by atoms with van der Waals surface area (Å²) in [5.41, 5.74) is 2.25. The van der Waals surface area contributed by atoms with Gasteiger partial charge in [0.1, 0.15) is 6.04 Å².